The fourth-order valence-electron chi connectivity index (χ4n) is 2.78. The molecule has 142 valence electrons. The topological polar surface area (TPSA) is 67.4 Å². The molecule has 0 bridgehead atoms. The van der Waals surface area contributed by atoms with Crippen molar-refractivity contribution in [3.8, 4) is 5.75 Å². The number of carbonyl (C=O) groups is 2. The molecule has 1 heterocycles. The Hall–Kier alpha value is -2.54. The Bertz CT molecular complexity index is 796. The van der Waals surface area contributed by atoms with Crippen LogP contribution in [0.1, 0.15) is 11.1 Å². The Labute approximate surface area is 161 Å². The smallest absolute Gasteiger partial charge is 0.243 e. The van der Waals surface area contributed by atoms with Crippen LogP contribution in [0.15, 0.2) is 48.5 Å². The minimum Gasteiger partial charge on any atom is -0.497 e. The van der Waals surface area contributed by atoms with Crippen LogP contribution in [0.3, 0.4) is 0 Å². The number of amides is 2. The summed E-state index contributed by atoms with van der Waals surface area (Å²) >= 11 is 1.45. The molecule has 1 fully saturated rings. The molecular formula is C20H21FN2O3S. The molecule has 2 aromatic carbocycles. The van der Waals surface area contributed by atoms with Gasteiger partial charge in [-0.25, -0.2) is 4.39 Å². The molecule has 2 N–H and O–H groups in total. The summed E-state index contributed by atoms with van der Waals surface area (Å²) in [7, 11) is 1.60. The van der Waals surface area contributed by atoms with Gasteiger partial charge in [-0.2, -0.15) is 0 Å². The molecule has 0 unspecified atom stereocenters. The number of ether oxygens (including phenoxy) is 1. The van der Waals surface area contributed by atoms with Crippen molar-refractivity contribution < 1.29 is 18.7 Å². The highest BCUT2D eigenvalue weighted by Crippen LogP contribution is 2.22. The second-order valence-electron chi connectivity index (χ2n) is 6.28. The van der Waals surface area contributed by atoms with E-state index in [4.69, 9.17) is 4.74 Å². The van der Waals surface area contributed by atoms with Crippen LogP contribution in [0.5, 0.6) is 5.75 Å². The standard InChI is InChI=1S/C20H21FN2O3S/c1-26-16-8-4-14(5-9-16)11-22-19(24)17-12-27-18(20(25)23-17)10-13-2-6-15(21)7-3-13/h2-9,17-18H,10-12H2,1H3,(H,22,24)(H,23,25)/t17-,18-/m1/s1. The van der Waals surface area contributed by atoms with Crippen LogP contribution in [0.2, 0.25) is 0 Å². The molecule has 0 aromatic heterocycles. The van der Waals surface area contributed by atoms with E-state index >= 15 is 0 Å². The maximum absolute atomic E-state index is 13.0. The summed E-state index contributed by atoms with van der Waals surface area (Å²) in [6.45, 7) is 0.388. The third-order valence-corrected chi connectivity index (χ3v) is 5.66. The van der Waals surface area contributed by atoms with Crippen LogP contribution in [-0.4, -0.2) is 36.0 Å². The Morgan fingerprint density at radius 3 is 2.48 bits per heavy atom. The van der Waals surface area contributed by atoms with E-state index in [2.05, 4.69) is 10.6 Å². The third kappa shape index (κ3) is 5.23. The highest BCUT2D eigenvalue weighted by atomic mass is 32.2. The lowest BCUT2D eigenvalue weighted by molar-refractivity contribution is -0.128. The van der Waals surface area contributed by atoms with Gasteiger partial charge in [0.05, 0.1) is 12.4 Å². The highest BCUT2D eigenvalue weighted by Gasteiger charge is 2.32. The summed E-state index contributed by atoms with van der Waals surface area (Å²) in [5.41, 5.74) is 1.85. The number of benzene rings is 2. The van der Waals surface area contributed by atoms with E-state index in [0.29, 0.717) is 18.7 Å². The molecule has 3 rings (SSSR count). The molecule has 0 aliphatic carbocycles. The van der Waals surface area contributed by atoms with Gasteiger partial charge in [0.2, 0.25) is 11.8 Å². The lowest BCUT2D eigenvalue weighted by atomic mass is 10.1. The molecule has 5 nitrogen and oxygen atoms in total. The van der Waals surface area contributed by atoms with Crippen molar-refractivity contribution in [3.63, 3.8) is 0 Å². The van der Waals surface area contributed by atoms with Crippen molar-refractivity contribution >= 4 is 23.6 Å². The van der Waals surface area contributed by atoms with Gasteiger partial charge in [-0.1, -0.05) is 24.3 Å². The van der Waals surface area contributed by atoms with Gasteiger partial charge in [0.25, 0.3) is 0 Å². The van der Waals surface area contributed by atoms with Gasteiger partial charge in [0.1, 0.15) is 17.6 Å². The summed E-state index contributed by atoms with van der Waals surface area (Å²) in [4.78, 5) is 24.7. The average molecular weight is 388 g/mol. The predicted octanol–water partition coefficient (Wildman–Crippen LogP) is 2.29. The van der Waals surface area contributed by atoms with Crippen LogP contribution >= 0.6 is 11.8 Å². The van der Waals surface area contributed by atoms with Gasteiger partial charge in [0, 0.05) is 12.3 Å². The quantitative estimate of drug-likeness (QED) is 0.797. The minimum atomic E-state index is -0.551. The molecule has 1 aliphatic rings. The number of halogens is 1. The molecule has 7 heteroatoms. The first-order valence-corrected chi connectivity index (χ1v) is 9.67. The van der Waals surface area contributed by atoms with Crippen LogP contribution in [-0.2, 0) is 22.6 Å². The van der Waals surface area contributed by atoms with E-state index in [-0.39, 0.29) is 22.9 Å². The second-order valence-corrected chi connectivity index (χ2v) is 7.52. The molecule has 0 radical (unpaired) electrons. The zero-order chi connectivity index (χ0) is 19.2. The Morgan fingerprint density at radius 2 is 1.85 bits per heavy atom. The van der Waals surface area contributed by atoms with Crippen molar-refractivity contribution in [2.45, 2.75) is 24.3 Å². The van der Waals surface area contributed by atoms with Gasteiger partial charge in [-0.15, -0.1) is 11.8 Å². The number of hydrogen-bond donors (Lipinski definition) is 2. The minimum absolute atomic E-state index is 0.167. The number of thioether (sulfide) groups is 1. The Morgan fingerprint density at radius 1 is 1.19 bits per heavy atom. The fourth-order valence-corrected chi connectivity index (χ4v) is 3.97. The van der Waals surface area contributed by atoms with Crippen LogP contribution in [0.4, 0.5) is 4.39 Å². The van der Waals surface area contributed by atoms with Crippen molar-refractivity contribution in [2.24, 2.45) is 0 Å². The third-order valence-electron chi connectivity index (χ3n) is 4.35. The zero-order valence-electron chi connectivity index (χ0n) is 14.9. The van der Waals surface area contributed by atoms with Crippen LogP contribution in [0.25, 0.3) is 0 Å². The SMILES string of the molecule is COc1ccc(CNC(=O)[C@H]2CS[C@H](Cc3ccc(F)cc3)C(=O)N2)cc1. The summed E-state index contributed by atoms with van der Waals surface area (Å²) in [6.07, 6.45) is 0.511. The van der Waals surface area contributed by atoms with E-state index in [0.717, 1.165) is 16.9 Å². The van der Waals surface area contributed by atoms with Crippen molar-refractivity contribution in [2.75, 3.05) is 12.9 Å². The molecular weight excluding hydrogens is 367 g/mol. The molecule has 2 amide bonds. The molecule has 1 saturated heterocycles. The molecule has 1 aliphatic heterocycles. The van der Waals surface area contributed by atoms with Crippen LogP contribution in [0, 0.1) is 5.82 Å². The summed E-state index contributed by atoms with van der Waals surface area (Å²) < 4.78 is 18.1. The van der Waals surface area contributed by atoms with Crippen molar-refractivity contribution in [1.29, 1.82) is 0 Å². The average Bonchev–Trinajstić information content (AvgIpc) is 2.69. The molecule has 0 saturated carbocycles. The number of hydrogen-bond acceptors (Lipinski definition) is 4. The van der Waals surface area contributed by atoms with Gasteiger partial charge >= 0.3 is 0 Å². The van der Waals surface area contributed by atoms with Gasteiger partial charge in [-0.3, -0.25) is 9.59 Å². The molecule has 0 spiro atoms. The van der Waals surface area contributed by atoms with E-state index < -0.39 is 6.04 Å². The van der Waals surface area contributed by atoms with E-state index in [1.807, 2.05) is 24.3 Å². The van der Waals surface area contributed by atoms with Gasteiger partial charge in [-0.05, 0) is 41.8 Å². The van der Waals surface area contributed by atoms with Crippen molar-refractivity contribution in [1.82, 2.24) is 10.6 Å². The number of nitrogens with one attached hydrogen (secondary N) is 2. The summed E-state index contributed by atoms with van der Waals surface area (Å²) in [5.74, 6) is 0.597. The van der Waals surface area contributed by atoms with E-state index in [1.54, 1.807) is 19.2 Å². The number of carbonyl (C=O) groups excluding carboxylic acids is 2. The van der Waals surface area contributed by atoms with Gasteiger partial charge in [0.15, 0.2) is 0 Å². The maximum atomic E-state index is 13.0. The van der Waals surface area contributed by atoms with E-state index in [1.165, 1.54) is 23.9 Å². The first-order valence-electron chi connectivity index (χ1n) is 8.62. The molecule has 2 atom stereocenters. The largest absolute Gasteiger partial charge is 0.497 e. The maximum Gasteiger partial charge on any atom is 0.243 e. The van der Waals surface area contributed by atoms with Crippen LogP contribution < -0.4 is 15.4 Å². The lowest BCUT2D eigenvalue weighted by Crippen LogP contribution is -2.54. The number of rotatable bonds is 6. The summed E-state index contributed by atoms with van der Waals surface area (Å²) in [6, 6.07) is 13.0. The fraction of sp³-hybridized carbons (Fsp3) is 0.300. The first-order chi connectivity index (χ1) is 13.0. The first kappa shape index (κ1) is 19.2. The Kier molecular flexibility index (Phi) is 6.34. The lowest BCUT2D eigenvalue weighted by Gasteiger charge is -2.28. The number of methoxy groups -OCH3 is 1. The van der Waals surface area contributed by atoms with Crippen molar-refractivity contribution in [3.05, 3.63) is 65.5 Å². The monoisotopic (exact) mass is 388 g/mol. The van der Waals surface area contributed by atoms with E-state index in [9.17, 15) is 14.0 Å². The highest BCUT2D eigenvalue weighted by molar-refractivity contribution is 8.00. The summed E-state index contributed by atoms with van der Waals surface area (Å²) in [5, 5.41) is 5.36. The molecule has 27 heavy (non-hydrogen) atoms. The Balaban J connectivity index is 1.48. The normalized spacial score (nSPS) is 19.3. The predicted molar refractivity (Wildman–Crippen MR) is 103 cm³/mol. The molecule has 2 aromatic rings. The zero-order valence-corrected chi connectivity index (χ0v) is 15.7. The van der Waals surface area contributed by atoms with Gasteiger partial charge < -0.3 is 15.4 Å². The second kappa shape index (κ2) is 8.90.